The molecule has 0 aliphatic carbocycles. The Kier molecular flexibility index (Phi) is 6.07. The van der Waals surface area contributed by atoms with Crippen LogP contribution in [0.25, 0.3) is 0 Å². The van der Waals surface area contributed by atoms with E-state index < -0.39 is 0 Å². The number of thioether (sulfide) groups is 1. The number of ether oxygens (including phenoxy) is 2. The first-order chi connectivity index (χ1) is 10.2. The third kappa shape index (κ3) is 5.06. The van der Waals surface area contributed by atoms with Crippen LogP contribution in [0.5, 0.6) is 0 Å². The van der Waals surface area contributed by atoms with E-state index in [2.05, 4.69) is 4.99 Å². The van der Waals surface area contributed by atoms with Crippen LogP contribution in [0.15, 0.2) is 29.3 Å². The molecule has 0 saturated carbocycles. The third-order valence-corrected chi connectivity index (χ3v) is 4.11. The summed E-state index contributed by atoms with van der Waals surface area (Å²) in [4.78, 5) is 15.8. The van der Waals surface area contributed by atoms with Crippen molar-refractivity contribution in [3.63, 3.8) is 0 Å². The summed E-state index contributed by atoms with van der Waals surface area (Å²) in [6.07, 6.45) is 2.38. The number of nitrogens with two attached hydrogens (primary N) is 1. The summed E-state index contributed by atoms with van der Waals surface area (Å²) < 4.78 is 10.2. The second kappa shape index (κ2) is 8.05. The summed E-state index contributed by atoms with van der Waals surface area (Å²) in [6, 6.07) is 7.33. The van der Waals surface area contributed by atoms with Crippen LogP contribution in [0.3, 0.4) is 0 Å². The van der Waals surface area contributed by atoms with Crippen LogP contribution in [-0.4, -0.2) is 37.5 Å². The molecule has 5 nitrogen and oxygen atoms in total. The van der Waals surface area contributed by atoms with E-state index in [0.717, 1.165) is 25.0 Å². The fourth-order valence-corrected chi connectivity index (χ4v) is 2.75. The molecule has 0 amide bonds. The first-order valence-electron chi connectivity index (χ1n) is 6.90. The highest BCUT2D eigenvalue weighted by atomic mass is 32.2. The van der Waals surface area contributed by atoms with E-state index in [4.69, 9.17) is 15.2 Å². The SMILES string of the molecule is COC(=O)c1cccc(CSC(N)=NC[C@@H]2CCCO2)c1. The van der Waals surface area contributed by atoms with Gasteiger partial charge in [-0.15, -0.1) is 0 Å². The number of amidine groups is 1. The Bertz CT molecular complexity index is 513. The van der Waals surface area contributed by atoms with Gasteiger partial charge < -0.3 is 15.2 Å². The number of aliphatic imine (C=N–C) groups is 1. The molecular formula is C15H20N2O3S. The average Bonchev–Trinajstić information content (AvgIpc) is 3.04. The summed E-state index contributed by atoms with van der Waals surface area (Å²) in [5, 5.41) is 0.550. The Morgan fingerprint density at radius 3 is 3.14 bits per heavy atom. The van der Waals surface area contributed by atoms with Crippen LogP contribution in [0.1, 0.15) is 28.8 Å². The molecule has 0 radical (unpaired) electrons. The van der Waals surface area contributed by atoms with Crippen LogP contribution in [-0.2, 0) is 15.2 Å². The zero-order valence-corrected chi connectivity index (χ0v) is 12.9. The van der Waals surface area contributed by atoms with Gasteiger partial charge in [0.05, 0.1) is 25.3 Å². The van der Waals surface area contributed by atoms with E-state index in [-0.39, 0.29) is 12.1 Å². The standard InChI is InChI=1S/C15H20N2O3S/c1-19-14(18)12-5-2-4-11(8-12)10-21-15(16)17-9-13-6-3-7-20-13/h2,4-5,8,13H,3,6-7,9-10H2,1H3,(H2,16,17)/t13-/m0/s1. The molecule has 0 unspecified atom stereocenters. The molecule has 21 heavy (non-hydrogen) atoms. The Morgan fingerprint density at radius 1 is 1.57 bits per heavy atom. The molecule has 1 atom stereocenters. The Hall–Kier alpha value is -1.53. The molecule has 2 rings (SSSR count). The fraction of sp³-hybridized carbons (Fsp3) is 0.467. The van der Waals surface area contributed by atoms with Crippen LogP contribution >= 0.6 is 11.8 Å². The zero-order valence-electron chi connectivity index (χ0n) is 12.1. The second-order valence-corrected chi connectivity index (χ2v) is 5.79. The monoisotopic (exact) mass is 308 g/mol. The lowest BCUT2D eigenvalue weighted by Gasteiger charge is -2.07. The van der Waals surface area contributed by atoms with Crippen molar-refractivity contribution in [3.8, 4) is 0 Å². The highest BCUT2D eigenvalue weighted by Crippen LogP contribution is 2.16. The normalized spacial score (nSPS) is 18.7. The fourth-order valence-electron chi connectivity index (χ4n) is 2.09. The van der Waals surface area contributed by atoms with Crippen molar-refractivity contribution in [1.82, 2.24) is 0 Å². The van der Waals surface area contributed by atoms with Crippen LogP contribution in [0.4, 0.5) is 0 Å². The molecular weight excluding hydrogens is 288 g/mol. The van der Waals surface area contributed by atoms with Gasteiger partial charge in [0.15, 0.2) is 5.17 Å². The third-order valence-electron chi connectivity index (χ3n) is 3.21. The molecule has 0 aromatic heterocycles. The van der Waals surface area contributed by atoms with Crippen LogP contribution in [0.2, 0.25) is 0 Å². The highest BCUT2D eigenvalue weighted by molar-refractivity contribution is 8.13. The average molecular weight is 308 g/mol. The largest absolute Gasteiger partial charge is 0.465 e. The van der Waals surface area contributed by atoms with Crippen molar-refractivity contribution in [2.45, 2.75) is 24.7 Å². The number of hydrogen-bond donors (Lipinski definition) is 1. The molecule has 114 valence electrons. The van der Waals surface area contributed by atoms with Crippen molar-refractivity contribution in [1.29, 1.82) is 0 Å². The van der Waals surface area contributed by atoms with Crippen molar-refractivity contribution in [3.05, 3.63) is 35.4 Å². The topological polar surface area (TPSA) is 73.9 Å². The van der Waals surface area contributed by atoms with Gasteiger partial charge in [0.1, 0.15) is 0 Å². The molecule has 1 aromatic carbocycles. The van der Waals surface area contributed by atoms with Gasteiger partial charge in [0, 0.05) is 12.4 Å². The predicted octanol–water partition coefficient (Wildman–Crippen LogP) is 2.20. The Balaban J connectivity index is 1.84. The van der Waals surface area contributed by atoms with Gasteiger partial charge in [-0.3, -0.25) is 4.99 Å². The highest BCUT2D eigenvalue weighted by Gasteiger charge is 2.14. The quantitative estimate of drug-likeness (QED) is 0.513. The van der Waals surface area contributed by atoms with Crippen molar-refractivity contribution in [2.75, 3.05) is 20.3 Å². The van der Waals surface area contributed by atoms with E-state index in [1.807, 2.05) is 18.2 Å². The van der Waals surface area contributed by atoms with E-state index >= 15 is 0 Å². The van der Waals surface area contributed by atoms with Gasteiger partial charge in [-0.25, -0.2) is 4.79 Å². The minimum absolute atomic E-state index is 0.215. The van der Waals surface area contributed by atoms with Crippen molar-refractivity contribution >= 4 is 22.9 Å². The van der Waals surface area contributed by atoms with Gasteiger partial charge in [-0.2, -0.15) is 0 Å². The first-order valence-corrected chi connectivity index (χ1v) is 7.89. The van der Waals surface area contributed by atoms with Gasteiger partial charge in [-0.05, 0) is 30.5 Å². The number of esters is 1. The van der Waals surface area contributed by atoms with Crippen molar-refractivity contribution < 1.29 is 14.3 Å². The number of rotatable bonds is 5. The summed E-state index contributed by atoms with van der Waals surface area (Å²) >= 11 is 1.46. The zero-order chi connectivity index (χ0) is 15.1. The molecule has 1 aliphatic rings. The molecule has 2 N–H and O–H groups in total. The maximum atomic E-state index is 11.5. The summed E-state index contributed by atoms with van der Waals surface area (Å²) in [7, 11) is 1.37. The Labute approximate surface area is 128 Å². The maximum Gasteiger partial charge on any atom is 0.337 e. The predicted molar refractivity (Wildman–Crippen MR) is 84.5 cm³/mol. The van der Waals surface area contributed by atoms with Gasteiger partial charge in [-0.1, -0.05) is 23.9 Å². The van der Waals surface area contributed by atoms with E-state index in [1.54, 1.807) is 6.07 Å². The van der Waals surface area contributed by atoms with Gasteiger partial charge in [0.25, 0.3) is 0 Å². The molecule has 6 heteroatoms. The summed E-state index contributed by atoms with van der Waals surface area (Å²) in [5.41, 5.74) is 7.45. The lowest BCUT2D eigenvalue weighted by molar-refractivity contribution is 0.0600. The molecule has 0 bridgehead atoms. The lowest BCUT2D eigenvalue weighted by Crippen LogP contribution is -2.14. The second-order valence-electron chi connectivity index (χ2n) is 4.79. The van der Waals surface area contributed by atoms with Crippen LogP contribution < -0.4 is 5.73 Å². The van der Waals surface area contributed by atoms with E-state index in [0.29, 0.717) is 23.0 Å². The molecule has 0 spiro atoms. The number of nitrogens with zero attached hydrogens (tertiary/aromatic N) is 1. The summed E-state index contributed by atoms with van der Waals surface area (Å²) in [6.45, 7) is 1.45. The van der Waals surface area contributed by atoms with Gasteiger partial charge >= 0.3 is 5.97 Å². The molecule has 1 aliphatic heterocycles. The number of methoxy groups -OCH3 is 1. The summed E-state index contributed by atoms with van der Waals surface area (Å²) in [5.74, 6) is 0.341. The number of benzene rings is 1. The first kappa shape index (κ1) is 15.9. The Morgan fingerprint density at radius 2 is 2.43 bits per heavy atom. The molecule has 1 aromatic rings. The maximum absolute atomic E-state index is 11.5. The minimum Gasteiger partial charge on any atom is -0.465 e. The number of hydrogen-bond acceptors (Lipinski definition) is 5. The number of carbonyl (C=O) groups is 1. The lowest BCUT2D eigenvalue weighted by atomic mass is 10.1. The molecule has 1 heterocycles. The van der Waals surface area contributed by atoms with E-state index in [1.165, 1.54) is 18.9 Å². The van der Waals surface area contributed by atoms with Gasteiger partial charge in [0.2, 0.25) is 0 Å². The van der Waals surface area contributed by atoms with E-state index in [9.17, 15) is 4.79 Å². The molecule has 1 fully saturated rings. The van der Waals surface area contributed by atoms with Crippen molar-refractivity contribution in [2.24, 2.45) is 10.7 Å². The minimum atomic E-state index is -0.332. The molecule has 1 saturated heterocycles. The van der Waals surface area contributed by atoms with Crippen LogP contribution in [0, 0.1) is 0 Å². The smallest absolute Gasteiger partial charge is 0.337 e. The number of carbonyl (C=O) groups excluding carboxylic acids is 1.